The second-order valence-corrected chi connectivity index (χ2v) is 6.00. The number of nitrogens with one attached hydrogen (secondary N) is 1. The first kappa shape index (κ1) is 16.8. The highest BCUT2D eigenvalue weighted by molar-refractivity contribution is 6.42. The predicted octanol–water partition coefficient (Wildman–Crippen LogP) is 2.55. The average molecular weight is 352 g/mol. The number of nitrogens with zero attached hydrogens (tertiary/aromatic N) is 1. The Labute approximate surface area is 139 Å². The summed E-state index contributed by atoms with van der Waals surface area (Å²) in [7, 11) is 0. The molecule has 4 nitrogen and oxygen atoms in total. The molecule has 21 heavy (non-hydrogen) atoms. The molecule has 0 aliphatic carbocycles. The molecule has 1 atom stereocenters. The van der Waals surface area contributed by atoms with Crippen LogP contribution in [0.15, 0.2) is 18.2 Å². The Morgan fingerprint density at radius 1 is 1.38 bits per heavy atom. The van der Waals surface area contributed by atoms with Gasteiger partial charge in [-0.15, -0.1) is 11.6 Å². The van der Waals surface area contributed by atoms with Gasteiger partial charge in [-0.3, -0.25) is 9.69 Å². The van der Waals surface area contributed by atoms with Crippen molar-refractivity contribution < 1.29 is 9.53 Å². The fourth-order valence-electron chi connectivity index (χ4n) is 2.22. The van der Waals surface area contributed by atoms with Crippen LogP contribution in [0.5, 0.6) is 0 Å². The third-order valence-corrected chi connectivity index (χ3v) is 4.24. The number of hydrogen-bond acceptors (Lipinski definition) is 3. The summed E-state index contributed by atoms with van der Waals surface area (Å²) in [5.74, 6) is -0.207. The fourth-order valence-corrected chi connectivity index (χ4v) is 2.63. The Morgan fingerprint density at radius 3 is 2.90 bits per heavy atom. The molecule has 1 amide bonds. The molecule has 1 unspecified atom stereocenters. The average Bonchev–Trinajstić information content (AvgIpc) is 2.49. The van der Waals surface area contributed by atoms with Gasteiger partial charge in [-0.05, 0) is 17.7 Å². The van der Waals surface area contributed by atoms with Crippen LogP contribution in [0.4, 0.5) is 0 Å². The van der Waals surface area contributed by atoms with E-state index < -0.39 is 0 Å². The SMILES string of the molecule is O=C(CCl)NCC1CN(Cc2ccc(Cl)c(Cl)c2)CCO1. The molecule has 116 valence electrons. The van der Waals surface area contributed by atoms with Crippen molar-refractivity contribution in [1.82, 2.24) is 10.2 Å². The topological polar surface area (TPSA) is 41.6 Å². The van der Waals surface area contributed by atoms with Gasteiger partial charge in [0.15, 0.2) is 0 Å². The number of halogens is 3. The van der Waals surface area contributed by atoms with Crippen molar-refractivity contribution in [3.05, 3.63) is 33.8 Å². The smallest absolute Gasteiger partial charge is 0.235 e. The van der Waals surface area contributed by atoms with Gasteiger partial charge in [0.25, 0.3) is 0 Å². The number of benzene rings is 1. The van der Waals surface area contributed by atoms with Crippen LogP contribution in [0, 0.1) is 0 Å². The minimum Gasteiger partial charge on any atom is -0.374 e. The predicted molar refractivity (Wildman–Crippen MR) is 85.2 cm³/mol. The minimum absolute atomic E-state index is 0.0197. The first-order valence-electron chi connectivity index (χ1n) is 6.69. The maximum Gasteiger partial charge on any atom is 0.235 e. The highest BCUT2D eigenvalue weighted by Gasteiger charge is 2.21. The molecule has 1 aromatic carbocycles. The van der Waals surface area contributed by atoms with E-state index in [0.29, 0.717) is 23.2 Å². The molecule has 0 radical (unpaired) electrons. The van der Waals surface area contributed by atoms with E-state index in [4.69, 9.17) is 39.5 Å². The molecule has 2 rings (SSSR count). The molecule has 1 fully saturated rings. The summed E-state index contributed by atoms with van der Waals surface area (Å²) < 4.78 is 5.64. The number of hydrogen-bond donors (Lipinski definition) is 1. The van der Waals surface area contributed by atoms with E-state index in [2.05, 4.69) is 10.2 Å². The lowest BCUT2D eigenvalue weighted by Gasteiger charge is -2.33. The zero-order valence-electron chi connectivity index (χ0n) is 11.4. The molecular formula is C14H17Cl3N2O2. The third-order valence-electron chi connectivity index (χ3n) is 3.26. The quantitative estimate of drug-likeness (QED) is 0.829. The summed E-state index contributed by atoms with van der Waals surface area (Å²) in [5, 5.41) is 3.86. The molecule has 0 aromatic heterocycles. The highest BCUT2D eigenvalue weighted by Crippen LogP contribution is 2.23. The van der Waals surface area contributed by atoms with E-state index in [-0.39, 0.29) is 17.9 Å². The molecule has 0 bridgehead atoms. The van der Waals surface area contributed by atoms with Crippen molar-refractivity contribution in [3.8, 4) is 0 Å². The second-order valence-electron chi connectivity index (χ2n) is 4.91. The minimum atomic E-state index is -0.179. The van der Waals surface area contributed by atoms with Crippen molar-refractivity contribution in [2.24, 2.45) is 0 Å². The second kappa shape index (κ2) is 8.20. The summed E-state index contributed by atoms with van der Waals surface area (Å²) in [6.45, 7) is 3.50. The standard InChI is InChI=1S/C14H17Cl3N2O2/c15-6-14(20)18-7-11-9-19(3-4-21-11)8-10-1-2-12(16)13(17)5-10/h1-2,5,11H,3-4,6-9H2,(H,18,20). The summed E-state index contributed by atoms with van der Waals surface area (Å²) in [5.41, 5.74) is 1.11. The summed E-state index contributed by atoms with van der Waals surface area (Å²) >= 11 is 17.4. The van der Waals surface area contributed by atoms with E-state index in [1.165, 1.54) is 0 Å². The Balaban J connectivity index is 1.85. The molecule has 1 N–H and O–H groups in total. The van der Waals surface area contributed by atoms with Crippen molar-refractivity contribution in [2.45, 2.75) is 12.6 Å². The number of carbonyl (C=O) groups is 1. The summed E-state index contributed by atoms with van der Waals surface area (Å²) in [6.07, 6.45) is -0.0197. The van der Waals surface area contributed by atoms with Gasteiger partial charge >= 0.3 is 0 Å². The van der Waals surface area contributed by atoms with Gasteiger partial charge in [0.05, 0.1) is 22.8 Å². The summed E-state index contributed by atoms with van der Waals surface area (Å²) in [4.78, 5) is 13.4. The van der Waals surface area contributed by atoms with Crippen LogP contribution in [-0.2, 0) is 16.1 Å². The lowest BCUT2D eigenvalue weighted by Crippen LogP contribution is -2.47. The van der Waals surface area contributed by atoms with E-state index in [0.717, 1.165) is 25.2 Å². The Morgan fingerprint density at radius 2 is 2.19 bits per heavy atom. The number of morpholine rings is 1. The van der Waals surface area contributed by atoms with Crippen LogP contribution < -0.4 is 5.32 Å². The van der Waals surface area contributed by atoms with Gasteiger partial charge in [0, 0.05) is 26.2 Å². The Hall–Kier alpha value is -0.520. The number of rotatable bonds is 5. The maximum atomic E-state index is 11.2. The van der Waals surface area contributed by atoms with Gasteiger partial charge < -0.3 is 10.1 Å². The van der Waals surface area contributed by atoms with E-state index in [9.17, 15) is 4.79 Å². The highest BCUT2D eigenvalue weighted by atomic mass is 35.5. The van der Waals surface area contributed by atoms with Crippen molar-refractivity contribution in [3.63, 3.8) is 0 Å². The van der Waals surface area contributed by atoms with Gasteiger partial charge in [-0.1, -0.05) is 29.3 Å². The molecular weight excluding hydrogens is 335 g/mol. The van der Waals surface area contributed by atoms with Crippen LogP contribution in [-0.4, -0.2) is 49.0 Å². The van der Waals surface area contributed by atoms with E-state index >= 15 is 0 Å². The monoisotopic (exact) mass is 350 g/mol. The van der Waals surface area contributed by atoms with Crippen molar-refractivity contribution in [2.75, 3.05) is 32.1 Å². The molecule has 1 aliphatic rings. The lowest BCUT2D eigenvalue weighted by molar-refractivity contribution is -0.119. The van der Waals surface area contributed by atoms with E-state index in [1.54, 1.807) is 6.07 Å². The van der Waals surface area contributed by atoms with Crippen LogP contribution in [0.1, 0.15) is 5.56 Å². The van der Waals surface area contributed by atoms with Crippen LogP contribution in [0.2, 0.25) is 10.0 Å². The number of carbonyl (C=O) groups excluding carboxylic acids is 1. The summed E-state index contributed by atoms with van der Waals surface area (Å²) in [6, 6.07) is 5.65. The lowest BCUT2D eigenvalue weighted by atomic mass is 10.2. The molecule has 1 saturated heterocycles. The zero-order chi connectivity index (χ0) is 15.2. The number of ether oxygens (including phenoxy) is 1. The Kier molecular flexibility index (Phi) is 6.58. The van der Waals surface area contributed by atoms with Crippen molar-refractivity contribution >= 4 is 40.7 Å². The molecule has 1 aromatic rings. The van der Waals surface area contributed by atoms with Crippen molar-refractivity contribution in [1.29, 1.82) is 0 Å². The largest absolute Gasteiger partial charge is 0.374 e. The Bertz CT molecular complexity index is 499. The van der Waals surface area contributed by atoms with Crippen LogP contribution in [0.3, 0.4) is 0 Å². The van der Waals surface area contributed by atoms with Crippen LogP contribution in [0.25, 0.3) is 0 Å². The van der Waals surface area contributed by atoms with E-state index in [1.807, 2.05) is 12.1 Å². The fraction of sp³-hybridized carbons (Fsp3) is 0.500. The molecule has 0 saturated carbocycles. The third kappa shape index (κ3) is 5.31. The molecule has 0 spiro atoms. The van der Waals surface area contributed by atoms with Gasteiger partial charge in [-0.25, -0.2) is 0 Å². The molecule has 1 heterocycles. The van der Waals surface area contributed by atoms with Gasteiger partial charge in [0.1, 0.15) is 5.88 Å². The van der Waals surface area contributed by atoms with Crippen LogP contribution >= 0.6 is 34.8 Å². The molecule has 7 heteroatoms. The normalized spacial score (nSPS) is 19.5. The zero-order valence-corrected chi connectivity index (χ0v) is 13.7. The first-order chi connectivity index (χ1) is 10.1. The van der Waals surface area contributed by atoms with Gasteiger partial charge in [-0.2, -0.15) is 0 Å². The van der Waals surface area contributed by atoms with Gasteiger partial charge in [0.2, 0.25) is 5.91 Å². The number of alkyl halides is 1. The maximum absolute atomic E-state index is 11.2. The first-order valence-corrected chi connectivity index (χ1v) is 7.98. The molecule has 1 aliphatic heterocycles. The number of amides is 1.